The highest BCUT2D eigenvalue weighted by molar-refractivity contribution is 7.81. The molecule has 306 valence electrons. The third-order valence-corrected chi connectivity index (χ3v) is 11.3. The maximum absolute atomic E-state index is 6.31. The Morgan fingerprint density at radius 3 is 0.921 bits per heavy atom. The van der Waals surface area contributed by atoms with Crippen LogP contribution in [0.2, 0.25) is 0 Å². The number of nitrogens with zero attached hydrogens (tertiary/aromatic N) is 9. The molecule has 10 rings (SSSR count). The van der Waals surface area contributed by atoms with Crippen molar-refractivity contribution >= 4 is 104 Å². The summed E-state index contributed by atoms with van der Waals surface area (Å²) < 4.78 is 0. The number of para-hydroxylation sites is 2. The average molecular weight is 877 g/mol. The number of hydrazine groups is 3. The molecule has 0 spiro atoms. The van der Waals surface area contributed by atoms with E-state index < -0.39 is 0 Å². The van der Waals surface area contributed by atoms with Gasteiger partial charge >= 0.3 is 0 Å². The zero-order chi connectivity index (χ0) is 42.7. The van der Waals surface area contributed by atoms with Gasteiger partial charge in [0.2, 0.25) is 15.3 Å². The smallest absolute Gasteiger partial charge is 0.221 e. The third kappa shape index (κ3) is 7.90. The summed E-state index contributed by atoms with van der Waals surface area (Å²) in [7, 11) is 0. The van der Waals surface area contributed by atoms with Crippen molar-refractivity contribution in [1.29, 1.82) is 0 Å². The van der Waals surface area contributed by atoms with E-state index in [2.05, 4.69) is 16.3 Å². The van der Waals surface area contributed by atoms with E-state index in [0.29, 0.717) is 38.5 Å². The monoisotopic (exact) mass is 876 g/mol. The molecule has 3 N–H and O–H groups in total. The molecule has 12 nitrogen and oxygen atoms in total. The summed E-state index contributed by atoms with van der Waals surface area (Å²) in [6.45, 7) is 0. The number of amidine groups is 3. The first-order chi connectivity index (χ1) is 31.0. The number of thiocarbonyl (C=S) groups is 3. The maximum Gasteiger partial charge on any atom is 0.221 e. The molecule has 63 heavy (non-hydrogen) atoms. The summed E-state index contributed by atoms with van der Waals surface area (Å²) in [5.41, 5.74) is 17.7. The van der Waals surface area contributed by atoms with Gasteiger partial charge in [0.15, 0.2) is 17.5 Å². The summed E-state index contributed by atoms with van der Waals surface area (Å²) in [5.74, 6) is 1.84. The lowest BCUT2D eigenvalue weighted by Crippen LogP contribution is -2.57. The van der Waals surface area contributed by atoms with Crippen LogP contribution in [0.3, 0.4) is 0 Å². The van der Waals surface area contributed by atoms with E-state index in [1.165, 1.54) is 0 Å². The molecule has 3 aliphatic rings. The maximum atomic E-state index is 6.31. The standard InChI is InChI=1S/C48H36N12S3/c61-46-55(37-24-12-4-13-25-37)49-43(34-18-6-1-7-19-34)51-57(46)39-28-16-30-41(32-39)59-48(63)60(54-45(53-59)36-22-10-3-11-23-36)42-31-17-29-40(33-42)58-47(62)56(38-26-14-5-15-27-38)50-44(52-58)35-20-8-2-9-21-35/h1-33H,(H,49,51)(H,50,52)(H,53,54). The Kier molecular flexibility index (Phi) is 10.7. The SMILES string of the molecule is S=C1N(c2cccc(N3NC(c4ccccc4)=NN(c4cccc(N5NC(c6ccccc6)=NN(c6ccccc6)C5=S)c4)C3=S)c2)N=C(c2ccccc2)NN1c1ccccc1. The van der Waals surface area contributed by atoms with Crippen molar-refractivity contribution in [3.63, 3.8) is 0 Å². The number of hydrogen-bond donors (Lipinski definition) is 3. The van der Waals surface area contributed by atoms with Gasteiger partial charge in [-0.3, -0.25) is 16.3 Å². The van der Waals surface area contributed by atoms with Crippen molar-refractivity contribution < 1.29 is 0 Å². The van der Waals surface area contributed by atoms with E-state index in [0.717, 1.165) is 45.1 Å². The minimum atomic E-state index is 0.373. The van der Waals surface area contributed by atoms with Crippen molar-refractivity contribution in [1.82, 2.24) is 16.3 Å². The highest BCUT2D eigenvalue weighted by Crippen LogP contribution is 2.32. The van der Waals surface area contributed by atoms with Gasteiger partial charge in [-0.15, -0.1) is 15.3 Å². The third-order valence-electron chi connectivity index (χ3n) is 10.2. The van der Waals surface area contributed by atoms with E-state index >= 15 is 0 Å². The second kappa shape index (κ2) is 17.2. The average Bonchev–Trinajstić information content (AvgIpc) is 3.35. The quantitative estimate of drug-likeness (QED) is 0.121. The molecule has 0 atom stereocenters. The predicted molar refractivity (Wildman–Crippen MR) is 267 cm³/mol. The Labute approximate surface area is 380 Å². The summed E-state index contributed by atoms with van der Waals surface area (Å²) in [6, 6.07) is 65.3. The molecule has 0 radical (unpaired) electrons. The van der Waals surface area contributed by atoms with Crippen LogP contribution in [0.25, 0.3) is 0 Å². The van der Waals surface area contributed by atoms with Crippen LogP contribution < -0.4 is 46.3 Å². The lowest BCUT2D eigenvalue weighted by Gasteiger charge is -2.39. The fourth-order valence-electron chi connectivity index (χ4n) is 7.10. The second-order valence-electron chi connectivity index (χ2n) is 14.3. The molecule has 0 fully saturated rings. The molecule has 15 heteroatoms. The number of anilines is 6. The predicted octanol–water partition coefficient (Wildman–Crippen LogP) is 9.12. The number of hydrogen-bond acceptors (Lipinski definition) is 9. The number of nitrogens with one attached hydrogen (secondary N) is 3. The molecule has 3 aliphatic heterocycles. The first kappa shape index (κ1) is 39.2. The lowest BCUT2D eigenvalue weighted by molar-refractivity contribution is 0.878. The van der Waals surface area contributed by atoms with Gasteiger partial charge in [0.1, 0.15) is 0 Å². The van der Waals surface area contributed by atoms with Crippen LogP contribution in [-0.4, -0.2) is 32.8 Å². The van der Waals surface area contributed by atoms with Crippen LogP contribution in [0.4, 0.5) is 34.1 Å². The second-order valence-corrected chi connectivity index (χ2v) is 15.4. The Morgan fingerprint density at radius 2 is 0.556 bits per heavy atom. The molecule has 0 saturated carbocycles. The molecule has 0 aliphatic carbocycles. The topological polar surface area (TPSA) is 92.6 Å². The highest BCUT2D eigenvalue weighted by atomic mass is 32.1. The van der Waals surface area contributed by atoms with E-state index in [-0.39, 0.29) is 0 Å². The molecule has 0 saturated heterocycles. The van der Waals surface area contributed by atoms with Crippen molar-refractivity contribution in [3.8, 4) is 0 Å². The zero-order valence-electron chi connectivity index (χ0n) is 33.3. The van der Waals surface area contributed by atoms with Crippen LogP contribution in [0.1, 0.15) is 16.7 Å². The largest absolute Gasteiger partial charge is 0.273 e. The van der Waals surface area contributed by atoms with Crippen LogP contribution >= 0.6 is 36.7 Å². The van der Waals surface area contributed by atoms with Gasteiger partial charge in [-0.1, -0.05) is 140 Å². The fourth-order valence-corrected chi connectivity index (χ4v) is 7.99. The van der Waals surface area contributed by atoms with Crippen molar-refractivity contribution in [2.75, 3.05) is 30.1 Å². The van der Waals surface area contributed by atoms with Gasteiger partial charge in [-0.2, -0.15) is 0 Å². The summed E-state index contributed by atoms with van der Waals surface area (Å²) in [4.78, 5) is 0. The van der Waals surface area contributed by atoms with Gasteiger partial charge in [0.25, 0.3) is 0 Å². The fraction of sp³-hybridized carbons (Fsp3) is 0. The molecular weight excluding hydrogens is 841 g/mol. The summed E-state index contributed by atoms with van der Waals surface area (Å²) in [5, 5.41) is 27.1. The van der Waals surface area contributed by atoms with Gasteiger partial charge in [0, 0.05) is 16.7 Å². The van der Waals surface area contributed by atoms with Crippen LogP contribution in [0.5, 0.6) is 0 Å². The molecule has 0 amide bonds. The number of hydrazone groups is 3. The number of rotatable bonds is 9. The van der Waals surface area contributed by atoms with Crippen molar-refractivity contribution in [2.24, 2.45) is 15.3 Å². The van der Waals surface area contributed by atoms with Gasteiger partial charge in [-0.25, -0.2) is 30.1 Å². The first-order valence-corrected chi connectivity index (χ1v) is 21.2. The van der Waals surface area contributed by atoms with Crippen LogP contribution in [0, 0.1) is 0 Å². The molecule has 7 aromatic carbocycles. The Hall–Kier alpha value is -7.98. The van der Waals surface area contributed by atoms with E-state index in [9.17, 15) is 0 Å². The number of benzene rings is 7. The Morgan fingerprint density at radius 1 is 0.286 bits per heavy atom. The van der Waals surface area contributed by atoms with Gasteiger partial charge < -0.3 is 0 Å². The highest BCUT2D eigenvalue weighted by Gasteiger charge is 2.32. The van der Waals surface area contributed by atoms with E-state index in [4.69, 9.17) is 52.0 Å². The zero-order valence-corrected chi connectivity index (χ0v) is 35.8. The van der Waals surface area contributed by atoms with E-state index in [1.54, 1.807) is 15.0 Å². The Balaban J connectivity index is 1.02. The van der Waals surface area contributed by atoms with Gasteiger partial charge in [-0.05, 0) is 97.3 Å². The molecular formula is C48H36N12S3. The molecule has 0 bridgehead atoms. The van der Waals surface area contributed by atoms with E-state index in [1.807, 2.05) is 215 Å². The van der Waals surface area contributed by atoms with Crippen molar-refractivity contribution in [2.45, 2.75) is 0 Å². The van der Waals surface area contributed by atoms with Crippen molar-refractivity contribution in [3.05, 3.63) is 217 Å². The molecule has 7 aromatic rings. The molecule has 0 unspecified atom stereocenters. The minimum Gasteiger partial charge on any atom is -0.273 e. The first-order valence-electron chi connectivity index (χ1n) is 19.9. The van der Waals surface area contributed by atoms with Gasteiger partial charge in [0.05, 0.1) is 34.1 Å². The summed E-state index contributed by atoms with van der Waals surface area (Å²) >= 11 is 18.5. The molecule has 3 heterocycles. The molecule has 0 aromatic heterocycles. The normalized spacial score (nSPS) is 15.2. The minimum absolute atomic E-state index is 0.373. The lowest BCUT2D eigenvalue weighted by atomic mass is 10.2. The summed E-state index contributed by atoms with van der Waals surface area (Å²) in [6.07, 6.45) is 0. The van der Waals surface area contributed by atoms with Crippen LogP contribution in [0.15, 0.2) is 215 Å². The van der Waals surface area contributed by atoms with Crippen LogP contribution in [-0.2, 0) is 0 Å². The Bertz CT molecular complexity index is 2920.